The Morgan fingerprint density at radius 1 is 1.06 bits per heavy atom. The summed E-state index contributed by atoms with van der Waals surface area (Å²) in [6.07, 6.45) is 4.27. The van der Waals surface area contributed by atoms with E-state index >= 15 is 0 Å². The lowest BCUT2D eigenvalue weighted by Gasteiger charge is -2.15. The molecule has 1 atom stereocenters. The summed E-state index contributed by atoms with van der Waals surface area (Å²) in [7, 11) is 0. The van der Waals surface area contributed by atoms with Gasteiger partial charge in [0.1, 0.15) is 0 Å². The van der Waals surface area contributed by atoms with E-state index < -0.39 is 0 Å². The Hall–Kier alpha value is -3.30. The van der Waals surface area contributed by atoms with Gasteiger partial charge in [0, 0.05) is 21.5 Å². The second kappa shape index (κ2) is 9.23. The molecule has 1 N–H and O–H groups in total. The van der Waals surface area contributed by atoms with Crippen molar-refractivity contribution in [2.75, 3.05) is 6.61 Å². The molecule has 0 aliphatic rings. The minimum Gasteiger partial charge on any atom is -0.462 e. The summed E-state index contributed by atoms with van der Waals surface area (Å²) in [6.45, 7) is 4.27. The molecule has 0 radical (unpaired) electrons. The van der Waals surface area contributed by atoms with E-state index in [1.807, 2.05) is 67.6 Å². The van der Waals surface area contributed by atoms with Crippen LogP contribution < -0.4 is 0 Å². The lowest BCUT2D eigenvalue weighted by atomic mass is 9.91. The highest BCUT2D eigenvalue weighted by Crippen LogP contribution is 2.37. The van der Waals surface area contributed by atoms with E-state index in [-0.39, 0.29) is 11.9 Å². The predicted octanol–water partition coefficient (Wildman–Crippen LogP) is 7.48. The van der Waals surface area contributed by atoms with Gasteiger partial charge in [-0.25, -0.2) is 4.79 Å². The fourth-order valence-electron chi connectivity index (χ4n) is 3.82. The highest BCUT2D eigenvalue weighted by molar-refractivity contribution is 6.31. The molecule has 156 valence electrons. The van der Waals surface area contributed by atoms with Gasteiger partial charge in [0.15, 0.2) is 0 Å². The molecule has 0 aliphatic carbocycles. The van der Waals surface area contributed by atoms with Crippen molar-refractivity contribution in [3.8, 4) is 11.3 Å². The highest BCUT2D eigenvalue weighted by Gasteiger charge is 2.23. The van der Waals surface area contributed by atoms with Gasteiger partial charge in [-0.15, -0.1) is 0 Å². The number of nitrogens with one attached hydrogen (secondary N) is 1. The first-order valence-electron chi connectivity index (χ1n) is 10.4. The van der Waals surface area contributed by atoms with Crippen molar-refractivity contribution >= 4 is 34.5 Å². The largest absolute Gasteiger partial charge is 0.462 e. The van der Waals surface area contributed by atoms with E-state index in [0.717, 1.165) is 33.3 Å². The second-order valence-electron chi connectivity index (χ2n) is 7.43. The molecule has 3 aromatic carbocycles. The summed E-state index contributed by atoms with van der Waals surface area (Å²) in [5.41, 5.74) is 5.28. The zero-order valence-corrected chi connectivity index (χ0v) is 18.3. The minimum atomic E-state index is -0.339. The molecule has 0 amide bonds. The van der Waals surface area contributed by atoms with Crippen LogP contribution in [0.25, 0.3) is 28.2 Å². The number of carbonyl (C=O) groups is 1. The van der Waals surface area contributed by atoms with Crippen molar-refractivity contribution < 1.29 is 9.53 Å². The average molecular weight is 430 g/mol. The van der Waals surface area contributed by atoms with Gasteiger partial charge in [0.05, 0.1) is 17.9 Å². The number of rotatable bonds is 6. The van der Waals surface area contributed by atoms with E-state index in [0.29, 0.717) is 17.2 Å². The normalized spacial score (nSPS) is 12.4. The topological polar surface area (TPSA) is 42.1 Å². The summed E-state index contributed by atoms with van der Waals surface area (Å²) in [4.78, 5) is 16.3. The van der Waals surface area contributed by atoms with E-state index in [2.05, 4.69) is 36.2 Å². The maximum atomic E-state index is 12.9. The SMILES string of the molecule is CCOC(=O)c1c(-c2cc(Cl)ccc2C(C)/C=C/c2ccccc2)[nH]c2ccccc12. The van der Waals surface area contributed by atoms with Crippen LogP contribution >= 0.6 is 11.6 Å². The Balaban J connectivity index is 1.84. The first-order chi connectivity index (χ1) is 15.1. The molecular weight excluding hydrogens is 406 g/mol. The molecule has 1 unspecified atom stereocenters. The van der Waals surface area contributed by atoms with Crippen LogP contribution in [0.15, 0.2) is 78.9 Å². The first-order valence-corrected chi connectivity index (χ1v) is 10.8. The second-order valence-corrected chi connectivity index (χ2v) is 7.87. The Morgan fingerprint density at radius 3 is 2.58 bits per heavy atom. The van der Waals surface area contributed by atoms with Crippen LogP contribution in [0, 0.1) is 0 Å². The lowest BCUT2D eigenvalue weighted by molar-refractivity contribution is 0.0529. The van der Waals surface area contributed by atoms with Crippen molar-refractivity contribution in [1.82, 2.24) is 4.98 Å². The van der Waals surface area contributed by atoms with Gasteiger partial charge in [-0.1, -0.05) is 85.3 Å². The smallest absolute Gasteiger partial charge is 0.340 e. The van der Waals surface area contributed by atoms with Gasteiger partial charge < -0.3 is 9.72 Å². The zero-order valence-electron chi connectivity index (χ0n) is 17.6. The fraction of sp³-hybridized carbons (Fsp3) is 0.148. The number of ether oxygens (including phenoxy) is 1. The van der Waals surface area contributed by atoms with E-state index in [9.17, 15) is 4.79 Å². The van der Waals surface area contributed by atoms with E-state index in [4.69, 9.17) is 16.3 Å². The number of aromatic amines is 1. The number of para-hydroxylation sites is 1. The highest BCUT2D eigenvalue weighted by atomic mass is 35.5. The monoisotopic (exact) mass is 429 g/mol. The van der Waals surface area contributed by atoms with Crippen LogP contribution in [0.4, 0.5) is 0 Å². The van der Waals surface area contributed by atoms with Crippen LogP contribution in [-0.2, 0) is 4.74 Å². The van der Waals surface area contributed by atoms with Gasteiger partial charge in [0.25, 0.3) is 0 Å². The van der Waals surface area contributed by atoms with Crippen LogP contribution in [0.2, 0.25) is 5.02 Å². The van der Waals surface area contributed by atoms with Crippen molar-refractivity contribution in [2.45, 2.75) is 19.8 Å². The van der Waals surface area contributed by atoms with Crippen molar-refractivity contribution in [2.24, 2.45) is 0 Å². The van der Waals surface area contributed by atoms with Crippen molar-refractivity contribution in [1.29, 1.82) is 0 Å². The van der Waals surface area contributed by atoms with Crippen molar-refractivity contribution in [3.05, 3.63) is 101 Å². The summed E-state index contributed by atoms with van der Waals surface area (Å²) < 4.78 is 5.39. The number of fused-ring (bicyclic) bond motifs is 1. The maximum absolute atomic E-state index is 12.9. The van der Waals surface area contributed by atoms with Crippen LogP contribution in [0.1, 0.15) is 41.3 Å². The molecule has 0 fully saturated rings. The average Bonchev–Trinajstić information content (AvgIpc) is 3.18. The molecule has 31 heavy (non-hydrogen) atoms. The third-order valence-corrected chi connectivity index (χ3v) is 5.57. The molecule has 4 rings (SSSR count). The number of carbonyl (C=O) groups excluding carboxylic acids is 1. The number of H-pyrrole nitrogens is 1. The molecule has 4 aromatic rings. The molecule has 0 spiro atoms. The summed E-state index contributed by atoms with van der Waals surface area (Å²) in [6, 6.07) is 23.8. The standard InChI is InChI=1S/C27H24ClNO2/c1-3-31-27(30)25-22-11-7-8-12-24(22)29-26(25)23-17-20(28)15-16-21(23)18(2)13-14-19-9-5-4-6-10-19/h4-18,29H,3H2,1-2H3/b14-13+. The quantitative estimate of drug-likeness (QED) is 0.323. The lowest BCUT2D eigenvalue weighted by Crippen LogP contribution is -2.06. The van der Waals surface area contributed by atoms with Gasteiger partial charge in [0.2, 0.25) is 0 Å². The molecule has 0 aliphatic heterocycles. The van der Waals surface area contributed by atoms with Gasteiger partial charge >= 0.3 is 5.97 Å². The number of benzene rings is 3. The van der Waals surface area contributed by atoms with Crippen LogP contribution in [-0.4, -0.2) is 17.6 Å². The van der Waals surface area contributed by atoms with Crippen molar-refractivity contribution in [3.63, 3.8) is 0 Å². The molecule has 1 heterocycles. The Morgan fingerprint density at radius 2 is 1.81 bits per heavy atom. The summed E-state index contributed by atoms with van der Waals surface area (Å²) >= 11 is 6.39. The Kier molecular flexibility index (Phi) is 6.24. The molecule has 0 saturated heterocycles. The molecule has 0 bridgehead atoms. The number of aromatic nitrogens is 1. The summed E-state index contributed by atoms with van der Waals surface area (Å²) in [5.74, 6) is -0.234. The van der Waals surface area contributed by atoms with Gasteiger partial charge in [-0.2, -0.15) is 0 Å². The van der Waals surface area contributed by atoms with Crippen LogP contribution in [0.3, 0.4) is 0 Å². The number of hydrogen-bond acceptors (Lipinski definition) is 2. The number of esters is 1. The zero-order chi connectivity index (χ0) is 21.8. The minimum absolute atomic E-state index is 0.105. The Bertz CT molecular complexity index is 1240. The van der Waals surface area contributed by atoms with Gasteiger partial charge in [-0.3, -0.25) is 0 Å². The molecule has 1 aromatic heterocycles. The molecular formula is C27H24ClNO2. The number of allylic oxidation sites excluding steroid dienone is 1. The fourth-order valence-corrected chi connectivity index (χ4v) is 4.00. The third-order valence-electron chi connectivity index (χ3n) is 5.34. The van der Waals surface area contributed by atoms with E-state index in [1.165, 1.54) is 0 Å². The molecule has 3 nitrogen and oxygen atoms in total. The number of hydrogen-bond donors (Lipinski definition) is 1. The van der Waals surface area contributed by atoms with Gasteiger partial charge in [-0.05, 0) is 42.2 Å². The molecule has 4 heteroatoms. The number of halogens is 1. The Labute approximate surface area is 187 Å². The summed E-state index contributed by atoms with van der Waals surface area (Å²) in [5, 5.41) is 1.46. The van der Waals surface area contributed by atoms with E-state index in [1.54, 1.807) is 0 Å². The maximum Gasteiger partial charge on any atom is 0.340 e. The predicted molar refractivity (Wildman–Crippen MR) is 129 cm³/mol. The van der Waals surface area contributed by atoms with Crippen LogP contribution in [0.5, 0.6) is 0 Å². The molecule has 0 saturated carbocycles. The third kappa shape index (κ3) is 4.42. The first kappa shape index (κ1) is 21.0.